The molecule has 0 aromatic heterocycles. The summed E-state index contributed by atoms with van der Waals surface area (Å²) < 4.78 is 0. The molecule has 1 aliphatic rings. The van der Waals surface area contributed by atoms with Crippen molar-refractivity contribution in [2.45, 2.75) is 20.3 Å². The van der Waals surface area contributed by atoms with Crippen molar-refractivity contribution in [3.63, 3.8) is 0 Å². The monoisotopic (exact) mass is 246 g/mol. The molecule has 0 fully saturated rings. The molecular weight excluding hydrogens is 228 g/mol. The smallest absolute Gasteiger partial charge is 0.299 e. The van der Waals surface area contributed by atoms with E-state index in [1.165, 1.54) is 0 Å². The van der Waals surface area contributed by atoms with Crippen LogP contribution in [-0.4, -0.2) is 24.8 Å². The largest absolute Gasteiger partial charge is 0.330 e. The Labute approximate surface area is 107 Å². The number of amides is 1. The number of Topliss-reactive ketones (excluding diaryl/α,β-unsaturated/α-hetero) is 1. The maximum absolute atomic E-state index is 11.9. The van der Waals surface area contributed by atoms with E-state index < -0.39 is 11.7 Å². The SMILES string of the molecule is CCc1ccc2c(c1)C(=O)C(=O)N2CC(C)CN. The summed E-state index contributed by atoms with van der Waals surface area (Å²) >= 11 is 0. The molecular formula is C14H18N2O2. The zero-order valence-electron chi connectivity index (χ0n) is 10.8. The number of fused-ring (bicyclic) bond motifs is 1. The topological polar surface area (TPSA) is 63.4 Å². The molecule has 1 aliphatic heterocycles. The van der Waals surface area contributed by atoms with Crippen molar-refractivity contribution in [2.24, 2.45) is 11.7 Å². The molecule has 4 nitrogen and oxygen atoms in total. The summed E-state index contributed by atoms with van der Waals surface area (Å²) in [6, 6.07) is 5.65. The molecule has 18 heavy (non-hydrogen) atoms. The maximum atomic E-state index is 11.9. The van der Waals surface area contributed by atoms with Crippen LogP contribution in [0.2, 0.25) is 0 Å². The maximum Gasteiger partial charge on any atom is 0.299 e. The van der Waals surface area contributed by atoms with Gasteiger partial charge in [-0.1, -0.05) is 19.9 Å². The molecule has 0 radical (unpaired) electrons. The van der Waals surface area contributed by atoms with Gasteiger partial charge >= 0.3 is 0 Å². The number of rotatable bonds is 4. The van der Waals surface area contributed by atoms with Crippen LogP contribution < -0.4 is 10.6 Å². The Bertz CT molecular complexity index is 497. The Morgan fingerprint density at radius 2 is 2.06 bits per heavy atom. The Balaban J connectivity index is 2.37. The first-order valence-electron chi connectivity index (χ1n) is 6.27. The molecule has 4 heteroatoms. The van der Waals surface area contributed by atoms with Gasteiger partial charge in [0, 0.05) is 6.54 Å². The van der Waals surface area contributed by atoms with Gasteiger partial charge in [0.1, 0.15) is 0 Å². The molecule has 1 heterocycles. The number of nitrogens with two attached hydrogens (primary N) is 1. The second kappa shape index (κ2) is 4.90. The van der Waals surface area contributed by atoms with E-state index in [-0.39, 0.29) is 5.92 Å². The van der Waals surface area contributed by atoms with Crippen LogP contribution in [0, 0.1) is 5.92 Å². The van der Waals surface area contributed by atoms with E-state index >= 15 is 0 Å². The summed E-state index contributed by atoms with van der Waals surface area (Å²) in [7, 11) is 0. The standard InChI is InChI=1S/C14H18N2O2/c1-3-10-4-5-12-11(6-10)13(17)14(18)16(12)8-9(2)7-15/h4-6,9H,3,7-8,15H2,1-2H3. The van der Waals surface area contributed by atoms with Crippen molar-refractivity contribution in [3.05, 3.63) is 29.3 Å². The van der Waals surface area contributed by atoms with Crippen molar-refractivity contribution in [1.29, 1.82) is 0 Å². The normalized spacial score (nSPS) is 16.1. The predicted octanol–water partition coefficient (Wildman–Crippen LogP) is 1.37. The highest BCUT2D eigenvalue weighted by atomic mass is 16.2. The van der Waals surface area contributed by atoms with Crippen LogP contribution in [0.25, 0.3) is 0 Å². The molecule has 1 aromatic rings. The summed E-state index contributed by atoms with van der Waals surface area (Å²) in [6.07, 6.45) is 0.855. The zero-order valence-corrected chi connectivity index (χ0v) is 10.8. The van der Waals surface area contributed by atoms with Gasteiger partial charge in [0.25, 0.3) is 11.7 Å². The van der Waals surface area contributed by atoms with Crippen LogP contribution >= 0.6 is 0 Å². The third-order valence-electron chi connectivity index (χ3n) is 3.34. The molecule has 2 rings (SSSR count). The van der Waals surface area contributed by atoms with Crippen LogP contribution in [0.15, 0.2) is 18.2 Å². The van der Waals surface area contributed by atoms with Gasteiger partial charge in [-0.05, 0) is 36.6 Å². The number of hydrogen-bond donors (Lipinski definition) is 1. The summed E-state index contributed by atoms with van der Waals surface area (Å²) in [5.74, 6) is -0.651. The first-order chi connectivity index (χ1) is 8.58. The van der Waals surface area contributed by atoms with E-state index in [4.69, 9.17) is 5.73 Å². The molecule has 2 N–H and O–H groups in total. The average molecular weight is 246 g/mol. The third-order valence-corrected chi connectivity index (χ3v) is 3.34. The number of benzene rings is 1. The molecule has 1 atom stereocenters. The van der Waals surface area contributed by atoms with Gasteiger partial charge < -0.3 is 10.6 Å². The summed E-state index contributed by atoms with van der Waals surface area (Å²) in [6.45, 7) is 4.99. The molecule has 1 amide bonds. The fourth-order valence-electron chi connectivity index (χ4n) is 2.14. The van der Waals surface area contributed by atoms with E-state index in [2.05, 4.69) is 0 Å². The van der Waals surface area contributed by atoms with Crippen LogP contribution in [0.4, 0.5) is 5.69 Å². The third kappa shape index (κ3) is 2.04. The summed E-state index contributed by atoms with van der Waals surface area (Å²) in [5, 5.41) is 0. The van der Waals surface area contributed by atoms with Crippen LogP contribution in [0.1, 0.15) is 29.8 Å². The number of hydrogen-bond acceptors (Lipinski definition) is 3. The number of nitrogens with zero attached hydrogens (tertiary/aromatic N) is 1. The van der Waals surface area contributed by atoms with E-state index in [0.29, 0.717) is 18.7 Å². The Kier molecular flexibility index (Phi) is 3.48. The predicted molar refractivity (Wildman–Crippen MR) is 70.7 cm³/mol. The second-order valence-corrected chi connectivity index (χ2v) is 4.79. The minimum absolute atomic E-state index is 0.179. The molecule has 0 spiro atoms. The van der Waals surface area contributed by atoms with Gasteiger partial charge in [0.2, 0.25) is 0 Å². The number of ketones is 1. The minimum atomic E-state index is -0.432. The van der Waals surface area contributed by atoms with E-state index in [9.17, 15) is 9.59 Å². The quantitative estimate of drug-likeness (QED) is 0.816. The van der Waals surface area contributed by atoms with Crippen molar-refractivity contribution >= 4 is 17.4 Å². The van der Waals surface area contributed by atoms with Crippen LogP contribution in [0.5, 0.6) is 0 Å². The fraction of sp³-hybridized carbons (Fsp3) is 0.429. The van der Waals surface area contributed by atoms with E-state index in [1.807, 2.05) is 32.0 Å². The Morgan fingerprint density at radius 1 is 1.33 bits per heavy atom. The van der Waals surface area contributed by atoms with Crippen LogP contribution in [-0.2, 0) is 11.2 Å². The van der Waals surface area contributed by atoms with E-state index in [0.717, 1.165) is 17.7 Å². The Hall–Kier alpha value is -1.68. The summed E-state index contributed by atoms with van der Waals surface area (Å²) in [5.41, 5.74) is 7.90. The van der Waals surface area contributed by atoms with Gasteiger partial charge in [0.15, 0.2) is 0 Å². The lowest BCUT2D eigenvalue weighted by Crippen LogP contribution is -2.35. The highest BCUT2D eigenvalue weighted by molar-refractivity contribution is 6.52. The molecule has 0 bridgehead atoms. The molecule has 1 aromatic carbocycles. The lowest BCUT2D eigenvalue weighted by molar-refractivity contribution is -0.114. The van der Waals surface area contributed by atoms with Gasteiger partial charge in [-0.15, -0.1) is 0 Å². The number of carbonyl (C=O) groups is 2. The number of anilines is 1. The molecule has 96 valence electrons. The lowest BCUT2D eigenvalue weighted by Gasteiger charge is -2.20. The molecule has 1 unspecified atom stereocenters. The van der Waals surface area contributed by atoms with Crippen LogP contribution in [0.3, 0.4) is 0 Å². The van der Waals surface area contributed by atoms with Crippen molar-refractivity contribution in [1.82, 2.24) is 0 Å². The molecule has 0 saturated carbocycles. The first-order valence-corrected chi connectivity index (χ1v) is 6.27. The molecule has 0 aliphatic carbocycles. The van der Waals surface area contributed by atoms with Gasteiger partial charge in [-0.3, -0.25) is 9.59 Å². The van der Waals surface area contributed by atoms with Crippen molar-refractivity contribution in [2.75, 3.05) is 18.0 Å². The highest BCUT2D eigenvalue weighted by Crippen LogP contribution is 2.30. The van der Waals surface area contributed by atoms with Gasteiger partial charge in [-0.2, -0.15) is 0 Å². The second-order valence-electron chi connectivity index (χ2n) is 4.79. The summed E-state index contributed by atoms with van der Waals surface area (Å²) in [4.78, 5) is 25.4. The van der Waals surface area contributed by atoms with Gasteiger partial charge in [-0.25, -0.2) is 0 Å². The van der Waals surface area contributed by atoms with E-state index in [1.54, 1.807) is 4.90 Å². The zero-order chi connectivity index (χ0) is 13.3. The van der Waals surface area contributed by atoms with Gasteiger partial charge in [0.05, 0.1) is 11.3 Å². The van der Waals surface area contributed by atoms with Crippen molar-refractivity contribution < 1.29 is 9.59 Å². The minimum Gasteiger partial charge on any atom is -0.330 e. The first kappa shape index (κ1) is 12.8. The Morgan fingerprint density at radius 3 is 2.67 bits per heavy atom. The highest BCUT2D eigenvalue weighted by Gasteiger charge is 2.36. The lowest BCUT2D eigenvalue weighted by atomic mass is 10.1. The van der Waals surface area contributed by atoms with Crippen molar-refractivity contribution in [3.8, 4) is 0 Å². The number of carbonyl (C=O) groups excluding carboxylic acids is 2. The fourth-order valence-corrected chi connectivity index (χ4v) is 2.14. The number of aryl methyl sites for hydroxylation is 1. The average Bonchev–Trinajstić information content (AvgIpc) is 2.63. The molecule has 0 saturated heterocycles.